The standard InChI is InChI=1S/C7H16N2O/c1-6(5-8-2)7(10)9(3)4/h6,8H,5H2,1-4H3. The largest absolute Gasteiger partial charge is 0.349 e. The zero-order valence-electron chi connectivity index (χ0n) is 7.14. The molecular formula is C7H16N2O. The Morgan fingerprint density at radius 2 is 2.10 bits per heavy atom. The van der Waals surface area contributed by atoms with E-state index in [2.05, 4.69) is 5.32 Å². The van der Waals surface area contributed by atoms with Crippen molar-refractivity contribution in [3.05, 3.63) is 0 Å². The molecule has 0 spiro atoms. The smallest absolute Gasteiger partial charge is 0.226 e. The van der Waals surface area contributed by atoms with Crippen molar-refractivity contribution in [2.45, 2.75) is 6.92 Å². The molecule has 0 heterocycles. The summed E-state index contributed by atoms with van der Waals surface area (Å²) < 4.78 is 0. The first-order chi connectivity index (χ1) is 4.59. The number of rotatable bonds is 3. The van der Waals surface area contributed by atoms with Gasteiger partial charge in [-0.15, -0.1) is 0 Å². The molecule has 1 unspecified atom stereocenters. The van der Waals surface area contributed by atoms with E-state index >= 15 is 0 Å². The van der Waals surface area contributed by atoms with E-state index in [1.807, 2.05) is 14.0 Å². The lowest BCUT2D eigenvalue weighted by atomic mass is 10.1. The van der Waals surface area contributed by atoms with Crippen molar-refractivity contribution in [2.75, 3.05) is 27.7 Å². The van der Waals surface area contributed by atoms with Crippen LogP contribution < -0.4 is 5.32 Å². The molecule has 0 saturated carbocycles. The average molecular weight is 144 g/mol. The summed E-state index contributed by atoms with van der Waals surface area (Å²) in [7, 11) is 5.39. The lowest BCUT2D eigenvalue weighted by Gasteiger charge is -2.15. The molecule has 1 amide bonds. The average Bonchev–Trinajstić information content (AvgIpc) is 1.87. The highest BCUT2D eigenvalue weighted by Crippen LogP contribution is 1.95. The molecule has 3 heteroatoms. The van der Waals surface area contributed by atoms with E-state index in [4.69, 9.17) is 0 Å². The van der Waals surface area contributed by atoms with Gasteiger partial charge in [0.2, 0.25) is 5.91 Å². The van der Waals surface area contributed by atoms with Crippen molar-refractivity contribution in [3.8, 4) is 0 Å². The SMILES string of the molecule is CNCC(C)C(=O)N(C)C. The molecule has 1 atom stereocenters. The zero-order valence-corrected chi connectivity index (χ0v) is 7.14. The van der Waals surface area contributed by atoms with Crippen molar-refractivity contribution in [2.24, 2.45) is 5.92 Å². The van der Waals surface area contributed by atoms with Gasteiger partial charge in [0, 0.05) is 26.6 Å². The maximum absolute atomic E-state index is 11.1. The van der Waals surface area contributed by atoms with Crippen molar-refractivity contribution >= 4 is 5.91 Å². The summed E-state index contributed by atoms with van der Waals surface area (Å²) in [6, 6.07) is 0. The predicted molar refractivity (Wildman–Crippen MR) is 41.8 cm³/mol. The molecule has 10 heavy (non-hydrogen) atoms. The number of nitrogens with one attached hydrogen (secondary N) is 1. The van der Waals surface area contributed by atoms with E-state index in [1.54, 1.807) is 19.0 Å². The molecule has 0 saturated heterocycles. The third kappa shape index (κ3) is 2.82. The summed E-state index contributed by atoms with van der Waals surface area (Å²) in [5, 5.41) is 2.96. The quantitative estimate of drug-likeness (QED) is 0.601. The van der Waals surface area contributed by atoms with Crippen LogP contribution in [0.2, 0.25) is 0 Å². The monoisotopic (exact) mass is 144 g/mol. The van der Waals surface area contributed by atoms with Gasteiger partial charge >= 0.3 is 0 Å². The molecular weight excluding hydrogens is 128 g/mol. The van der Waals surface area contributed by atoms with Crippen LogP contribution in [-0.2, 0) is 4.79 Å². The first kappa shape index (κ1) is 9.43. The number of amides is 1. The fourth-order valence-electron chi connectivity index (χ4n) is 0.834. The van der Waals surface area contributed by atoms with Crippen LogP contribution in [0, 0.1) is 5.92 Å². The Kier molecular flexibility index (Phi) is 4.03. The minimum atomic E-state index is 0.0833. The number of hydrogen-bond donors (Lipinski definition) is 1. The Morgan fingerprint density at radius 3 is 2.40 bits per heavy atom. The van der Waals surface area contributed by atoms with Gasteiger partial charge in [-0.1, -0.05) is 6.92 Å². The van der Waals surface area contributed by atoms with Crippen molar-refractivity contribution in [1.82, 2.24) is 10.2 Å². The highest BCUT2D eigenvalue weighted by molar-refractivity contribution is 5.78. The normalized spacial score (nSPS) is 12.8. The van der Waals surface area contributed by atoms with E-state index in [1.165, 1.54) is 0 Å². The van der Waals surface area contributed by atoms with Gasteiger partial charge in [-0.25, -0.2) is 0 Å². The fraction of sp³-hybridized carbons (Fsp3) is 0.857. The van der Waals surface area contributed by atoms with Crippen LogP contribution in [0.15, 0.2) is 0 Å². The van der Waals surface area contributed by atoms with Crippen LogP contribution in [0.4, 0.5) is 0 Å². The molecule has 0 rings (SSSR count). The first-order valence-electron chi connectivity index (χ1n) is 3.45. The summed E-state index contributed by atoms with van der Waals surface area (Å²) in [5.41, 5.74) is 0. The maximum atomic E-state index is 11.1. The van der Waals surface area contributed by atoms with Gasteiger partial charge in [-0.3, -0.25) is 4.79 Å². The van der Waals surface area contributed by atoms with Gasteiger partial charge in [-0.05, 0) is 7.05 Å². The van der Waals surface area contributed by atoms with Crippen LogP contribution in [0.1, 0.15) is 6.92 Å². The molecule has 3 nitrogen and oxygen atoms in total. The topological polar surface area (TPSA) is 32.3 Å². The molecule has 0 aromatic carbocycles. The highest BCUT2D eigenvalue weighted by atomic mass is 16.2. The molecule has 0 aliphatic heterocycles. The van der Waals surface area contributed by atoms with E-state index in [0.717, 1.165) is 6.54 Å². The van der Waals surface area contributed by atoms with Crippen LogP contribution in [0.3, 0.4) is 0 Å². The van der Waals surface area contributed by atoms with Gasteiger partial charge in [-0.2, -0.15) is 0 Å². The molecule has 0 aliphatic carbocycles. The van der Waals surface area contributed by atoms with Gasteiger partial charge in [0.25, 0.3) is 0 Å². The Balaban J connectivity index is 3.71. The van der Waals surface area contributed by atoms with Crippen molar-refractivity contribution < 1.29 is 4.79 Å². The third-order valence-corrected chi connectivity index (χ3v) is 1.37. The second-order valence-corrected chi connectivity index (χ2v) is 2.69. The van der Waals surface area contributed by atoms with Gasteiger partial charge in [0.05, 0.1) is 0 Å². The second kappa shape index (κ2) is 4.28. The summed E-state index contributed by atoms with van der Waals surface area (Å²) in [4.78, 5) is 12.7. The molecule has 0 aliphatic rings. The number of nitrogens with zero attached hydrogens (tertiary/aromatic N) is 1. The maximum Gasteiger partial charge on any atom is 0.226 e. The van der Waals surface area contributed by atoms with E-state index < -0.39 is 0 Å². The Labute approximate surface area is 62.4 Å². The molecule has 0 fully saturated rings. The summed E-state index contributed by atoms with van der Waals surface area (Å²) >= 11 is 0. The van der Waals surface area contributed by atoms with Gasteiger partial charge in [0.15, 0.2) is 0 Å². The van der Waals surface area contributed by atoms with Crippen LogP contribution in [0.5, 0.6) is 0 Å². The number of hydrogen-bond acceptors (Lipinski definition) is 2. The number of carbonyl (C=O) groups excluding carboxylic acids is 1. The molecule has 1 N–H and O–H groups in total. The van der Waals surface area contributed by atoms with Gasteiger partial charge in [0.1, 0.15) is 0 Å². The molecule has 60 valence electrons. The summed E-state index contributed by atoms with van der Waals surface area (Å²) in [5.74, 6) is 0.259. The first-order valence-corrected chi connectivity index (χ1v) is 3.45. The Morgan fingerprint density at radius 1 is 1.60 bits per heavy atom. The van der Waals surface area contributed by atoms with Crippen LogP contribution in [-0.4, -0.2) is 38.5 Å². The lowest BCUT2D eigenvalue weighted by Crippen LogP contribution is -2.33. The van der Waals surface area contributed by atoms with Crippen LogP contribution in [0.25, 0.3) is 0 Å². The lowest BCUT2D eigenvalue weighted by molar-refractivity contribution is -0.132. The van der Waals surface area contributed by atoms with E-state index in [-0.39, 0.29) is 11.8 Å². The molecule has 0 radical (unpaired) electrons. The van der Waals surface area contributed by atoms with Crippen molar-refractivity contribution in [1.29, 1.82) is 0 Å². The second-order valence-electron chi connectivity index (χ2n) is 2.69. The Hall–Kier alpha value is -0.570. The molecule has 0 bridgehead atoms. The predicted octanol–water partition coefficient (Wildman–Crippen LogP) is -0.0699. The van der Waals surface area contributed by atoms with Crippen LogP contribution >= 0.6 is 0 Å². The highest BCUT2D eigenvalue weighted by Gasteiger charge is 2.12. The Bertz CT molecular complexity index is 112. The fourth-order valence-corrected chi connectivity index (χ4v) is 0.834. The number of carbonyl (C=O) groups is 1. The van der Waals surface area contributed by atoms with E-state index in [0.29, 0.717) is 0 Å². The summed E-state index contributed by atoms with van der Waals surface area (Å²) in [6.07, 6.45) is 0. The minimum absolute atomic E-state index is 0.0833. The third-order valence-electron chi connectivity index (χ3n) is 1.37. The van der Waals surface area contributed by atoms with Crippen molar-refractivity contribution in [3.63, 3.8) is 0 Å². The van der Waals surface area contributed by atoms with E-state index in [9.17, 15) is 4.79 Å². The van der Waals surface area contributed by atoms with Gasteiger partial charge < -0.3 is 10.2 Å². The zero-order chi connectivity index (χ0) is 8.15. The minimum Gasteiger partial charge on any atom is -0.349 e. The summed E-state index contributed by atoms with van der Waals surface area (Å²) in [6.45, 7) is 2.66. The molecule has 0 aromatic heterocycles. The molecule has 0 aromatic rings.